The number of rotatable bonds is 5. The van der Waals surface area contributed by atoms with Crippen LogP contribution in [-0.2, 0) is 24.3 Å². The summed E-state index contributed by atoms with van der Waals surface area (Å²) in [5.74, 6) is 0.252. The van der Waals surface area contributed by atoms with E-state index in [1.54, 1.807) is 41.0 Å². The number of nitrogens with one attached hydrogen (secondary N) is 2. The lowest BCUT2D eigenvalue weighted by Crippen LogP contribution is -2.28. The highest BCUT2D eigenvalue weighted by Gasteiger charge is 2.16. The zero-order chi connectivity index (χ0) is 18.8. The Morgan fingerprint density at radius 3 is 2.93 bits per heavy atom. The molecule has 0 saturated heterocycles. The number of nitrogens with zero attached hydrogens (tertiary/aromatic N) is 2. The van der Waals surface area contributed by atoms with Crippen LogP contribution in [0.25, 0.3) is 10.9 Å². The van der Waals surface area contributed by atoms with Crippen molar-refractivity contribution in [3.8, 4) is 0 Å². The molecule has 0 aliphatic carbocycles. The summed E-state index contributed by atoms with van der Waals surface area (Å²) in [7, 11) is 0. The van der Waals surface area contributed by atoms with Crippen molar-refractivity contribution < 1.29 is 9.18 Å². The number of aryl methyl sites for hydroxylation is 1. The van der Waals surface area contributed by atoms with E-state index in [1.165, 1.54) is 6.07 Å². The van der Waals surface area contributed by atoms with E-state index in [1.807, 2.05) is 0 Å². The number of carbonyl (C=O) groups is 1. The van der Waals surface area contributed by atoms with Gasteiger partial charge in [-0.1, -0.05) is 18.2 Å². The van der Waals surface area contributed by atoms with Crippen LogP contribution in [0.5, 0.6) is 0 Å². The molecule has 0 atom stereocenters. The molecule has 27 heavy (non-hydrogen) atoms. The molecule has 0 fully saturated rings. The van der Waals surface area contributed by atoms with E-state index in [0.29, 0.717) is 28.7 Å². The molecule has 3 aromatic rings. The van der Waals surface area contributed by atoms with Gasteiger partial charge in [-0.05, 0) is 30.7 Å². The quantitative estimate of drug-likeness (QED) is 0.726. The summed E-state index contributed by atoms with van der Waals surface area (Å²) in [6, 6.07) is 11.6. The minimum absolute atomic E-state index is 0.0355. The molecule has 1 aliphatic rings. The average molecular weight is 366 g/mol. The van der Waals surface area contributed by atoms with Crippen LogP contribution in [0.15, 0.2) is 47.3 Å². The number of fused-ring (bicyclic) bond motifs is 2. The van der Waals surface area contributed by atoms with Crippen molar-refractivity contribution in [2.45, 2.75) is 25.9 Å². The number of benzene rings is 2. The van der Waals surface area contributed by atoms with Crippen LogP contribution in [0.1, 0.15) is 17.8 Å². The second-order valence-electron chi connectivity index (χ2n) is 6.56. The Hall–Kier alpha value is -3.06. The molecule has 4 rings (SSSR count). The van der Waals surface area contributed by atoms with Gasteiger partial charge in [0.2, 0.25) is 5.91 Å². The number of hydrogen-bond donors (Lipinski definition) is 2. The third-order valence-corrected chi connectivity index (χ3v) is 4.66. The summed E-state index contributed by atoms with van der Waals surface area (Å²) in [6.45, 7) is 0.983. The molecule has 0 saturated carbocycles. The number of anilines is 1. The lowest BCUT2D eigenvalue weighted by atomic mass is 10.2. The number of halogens is 1. The van der Waals surface area contributed by atoms with Gasteiger partial charge in [0.05, 0.1) is 17.4 Å². The fourth-order valence-corrected chi connectivity index (χ4v) is 3.32. The van der Waals surface area contributed by atoms with Crippen LogP contribution in [0.2, 0.25) is 0 Å². The van der Waals surface area contributed by atoms with E-state index in [0.717, 1.165) is 18.7 Å². The summed E-state index contributed by atoms with van der Waals surface area (Å²) in [6.07, 6.45) is 1.74. The molecule has 2 heterocycles. The van der Waals surface area contributed by atoms with E-state index in [9.17, 15) is 14.0 Å². The number of amides is 1. The number of aromatic nitrogens is 2. The molecule has 6 nitrogen and oxygen atoms in total. The SMILES string of the molecule is O=C(CNCc1ccccc1F)Nc1ccc2nc3n(c(=O)c2c1)CCC3. The van der Waals surface area contributed by atoms with Gasteiger partial charge < -0.3 is 10.6 Å². The Kier molecular flexibility index (Phi) is 4.68. The highest BCUT2D eigenvalue weighted by molar-refractivity contribution is 5.94. The van der Waals surface area contributed by atoms with Crippen LogP contribution < -0.4 is 16.2 Å². The van der Waals surface area contributed by atoms with Crippen molar-refractivity contribution >= 4 is 22.5 Å². The van der Waals surface area contributed by atoms with E-state index in [4.69, 9.17) is 0 Å². The zero-order valence-corrected chi connectivity index (χ0v) is 14.7. The summed E-state index contributed by atoms with van der Waals surface area (Å²) in [5, 5.41) is 6.17. The third-order valence-electron chi connectivity index (χ3n) is 4.66. The molecule has 0 bridgehead atoms. The largest absolute Gasteiger partial charge is 0.325 e. The van der Waals surface area contributed by atoms with Crippen molar-refractivity contribution in [3.63, 3.8) is 0 Å². The highest BCUT2D eigenvalue weighted by atomic mass is 19.1. The normalized spacial score (nSPS) is 12.9. The Bertz CT molecular complexity index is 1080. The monoisotopic (exact) mass is 366 g/mol. The fourth-order valence-electron chi connectivity index (χ4n) is 3.32. The maximum atomic E-state index is 13.6. The molecule has 0 radical (unpaired) electrons. The summed E-state index contributed by atoms with van der Waals surface area (Å²) in [5.41, 5.74) is 1.62. The smallest absolute Gasteiger partial charge is 0.261 e. The fraction of sp³-hybridized carbons (Fsp3) is 0.250. The maximum Gasteiger partial charge on any atom is 0.261 e. The van der Waals surface area contributed by atoms with Crippen molar-refractivity contribution in [3.05, 3.63) is 70.0 Å². The van der Waals surface area contributed by atoms with Gasteiger partial charge in [0.1, 0.15) is 11.6 Å². The van der Waals surface area contributed by atoms with Crippen LogP contribution in [0.4, 0.5) is 10.1 Å². The number of hydrogen-bond acceptors (Lipinski definition) is 4. The number of carbonyl (C=O) groups excluding carboxylic acids is 1. The zero-order valence-electron chi connectivity index (χ0n) is 14.7. The summed E-state index contributed by atoms with van der Waals surface area (Å²) < 4.78 is 15.3. The molecule has 2 aromatic carbocycles. The first kappa shape index (κ1) is 17.4. The lowest BCUT2D eigenvalue weighted by Gasteiger charge is -2.09. The second kappa shape index (κ2) is 7.28. The van der Waals surface area contributed by atoms with Gasteiger partial charge in [-0.15, -0.1) is 0 Å². The van der Waals surface area contributed by atoms with E-state index >= 15 is 0 Å². The van der Waals surface area contributed by atoms with Gasteiger partial charge in [0, 0.05) is 30.8 Å². The van der Waals surface area contributed by atoms with Gasteiger partial charge in [-0.25, -0.2) is 9.37 Å². The van der Waals surface area contributed by atoms with E-state index < -0.39 is 0 Å². The predicted octanol–water partition coefficient (Wildman–Crippen LogP) is 2.21. The Labute approximate surface area is 155 Å². The van der Waals surface area contributed by atoms with Gasteiger partial charge >= 0.3 is 0 Å². The van der Waals surface area contributed by atoms with Crippen molar-refractivity contribution in [2.75, 3.05) is 11.9 Å². The molecule has 1 aromatic heterocycles. The molecular formula is C20H19FN4O2. The molecule has 0 unspecified atom stereocenters. The first-order chi connectivity index (χ1) is 13.1. The minimum atomic E-state index is -0.305. The van der Waals surface area contributed by atoms with Crippen LogP contribution >= 0.6 is 0 Å². The highest BCUT2D eigenvalue weighted by Crippen LogP contribution is 2.18. The van der Waals surface area contributed by atoms with Crippen molar-refractivity contribution in [2.24, 2.45) is 0 Å². The Morgan fingerprint density at radius 2 is 2.07 bits per heavy atom. The second-order valence-corrected chi connectivity index (χ2v) is 6.56. The van der Waals surface area contributed by atoms with Crippen LogP contribution in [-0.4, -0.2) is 22.0 Å². The summed E-state index contributed by atoms with van der Waals surface area (Å²) in [4.78, 5) is 29.2. The molecule has 2 N–H and O–H groups in total. The molecule has 1 amide bonds. The molecular weight excluding hydrogens is 347 g/mol. The maximum absolute atomic E-state index is 13.6. The molecule has 138 valence electrons. The standard InChI is InChI=1S/C20H19FN4O2/c21-16-5-2-1-4-13(16)11-22-12-19(26)23-14-7-8-17-15(10-14)20(27)25-9-3-6-18(25)24-17/h1-2,4-5,7-8,10,22H,3,6,9,11-12H2,(H,23,26). The van der Waals surface area contributed by atoms with Crippen molar-refractivity contribution in [1.29, 1.82) is 0 Å². The van der Waals surface area contributed by atoms with Crippen LogP contribution in [0.3, 0.4) is 0 Å². The van der Waals surface area contributed by atoms with Gasteiger partial charge in [-0.3, -0.25) is 14.2 Å². The summed E-state index contributed by atoms with van der Waals surface area (Å²) >= 11 is 0. The van der Waals surface area contributed by atoms with Gasteiger partial charge in [0.25, 0.3) is 5.56 Å². The average Bonchev–Trinajstić information content (AvgIpc) is 3.13. The predicted molar refractivity (Wildman–Crippen MR) is 101 cm³/mol. The van der Waals surface area contributed by atoms with Gasteiger partial charge in [-0.2, -0.15) is 0 Å². The Morgan fingerprint density at radius 1 is 1.22 bits per heavy atom. The molecule has 7 heteroatoms. The minimum Gasteiger partial charge on any atom is -0.325 e. The molecule has 0 spiro atoms. The Balaban J connectivity index is 1.43. The van der Waals surface area contributed by atoms with E-state index in [-0.39, 0.29) is 30.4 Å². The third kappa shape index (κ3) is 3.59. The first-order valence-corrected chi connectivity index (χ1v) is 8.89. The lowest BCUT2D eigenvalue weighted by molar-refractivity contribution is -0.115. The van der Waals surface area contributed by atoms with Gasteiger partial charge in [0.15, 0.2) is 0 Å². The first-order valence-electron chi connectivity index (χ1n) is 8.89. The van der Waals surface area contributed by atoms with Crippen LogP contribution in [0, 0.1) is 5.82 Å². The topological polar surface area (TPSA) is 76.0 Å². The van der Waals surface area contributed by atoms with E-state index in [2.05, 4.69) is 15.6 Å². The van der Waals surface area contributed by atoms with Crippen molar-refractivity contribution in [1.82, 2.24) is 14.9 Å². The molecule has 1 aliphatic heterocycles.